The Bertz CT molecular complexity index is 809. The van der Waals surface area contributed by atoms with Crippen LogP contribution in [0.15, 0.2) is 28.8 Å². The van der Waals surface area contributed by atoms with E-state index in [9.17, 15) is 4.79 Å². The first-order valence-electron chi connectivity index (χ1n) is 9.85. The van der Waals surface area contributed by atoms with Gasteiger partial charge in [-0.05, 0) is 25.0 Å². The lowest BCUT2D eigenvalue weighted by molar-refractivity contribution is -0.136. The van der Waals surface area contributed by atoms with E-state index in [2.05, 4.69) is 35.6 Å². The Labute approximate surface area is 160 Å². The van der Waals surface area contributed by atoms with Gasteiger partial charge in [0.05, 0.1) is 12.5 Å². The van der Waals surface area contributed by atoms with Gasteiger partial charge in [-0.3, -0.25) is 4.79 Å². The summed E-state index contributed by atoms with van der Waals surface area (Å²) >= 11 is 0. The van der Waals surface area contributed by atoms with Crippen molar-refractivity contribution in [3.8, 4) is 0 Å². The zero-order valence-corrected chi connectivity index (χ0v) is 16.4. The summed E-state index contributed by atoms with van der Waals surface area (Å²) in [6.45, 7) is 9.28. The van der Waals surface area contributed by atoms with Crippen LogP contribution in [0.3, 0.4) is 0 Å². The van der Waals surface area contributed by atoms with Gasteiger partial charge in [0.2, 0.25) is 5.91 Å². The lowest BCUT2D eigenvalue weighted by atomic mass is 9.95. The second kappa shape index (κ2) is 6.98. The molecule has 2 aliphatic rings. The smallest absolute Gasteiger partial charge is 0.227 e. The molecule has 1 fully saturated rings. The van der Waals surface area contributed by atoms with E-state index >= 15 is 0 Å². The summed E-state index contributed by atoms with van der Waals surface area (Å²) < 4.78 is 5.95. The molecule has 2 aromatic heterocycles. The fourth-order valence-electron chi connectivity index (χ4n) is 3.89. The average Bonchev–Trinajstić information content (AvgIpc) is 3.12. The molecule has 1 saturated heterocycles. The summed E-state index contributed by atoms with van der Waals surface area (Å²) in [6, 6.07) is 5.94. The molecule has 27 heavy (non-hydrogen) atoms. The van der Waals surface area contributed by atoms with E-state index in [0.717, 1.165) is 55.5 Å². The van der Waals surface area contributed by atoms with Gasteiger partial charge in [0.15, 0.2) is 5.89 Å². The van der Waals surface area contributed by atoms with E-state index in [4.69, 9.17) is 4.42 Å². The number of piperidine rings is 1. The summed E-state index contributed by atoms with van der Waals surface area (Å²) in [7, 11) is 0. The molecule has 0 aliphatic carbocycles. The van der Waals surface area contributed by atoms with Crippen LogP contribution in [0.25, 0.3) is 0 Å². The Morgan fingerprint density at radius 1 is 1.26 bits per heavy atom. The first-order chi connectivity index (χ1) is 12.9. The maximum Gasteiger partial charge on any atom is 0.227 e. The summed E-state index contributed by atoms with van der Waals surface area (Å²) in [6.07, 6.45) is 4.52. The fourth-order valence-corrected chi connectivity index (χ4v) is 3.89. The maximum atomic E-state index is 13.2. The van der Waals surface area contributed by atoms with Crippen molar-refractivity contribution < 1.29 is 9.21 Å². The molecule has 6 heteroatoms. The molecule has 0 aromatic carbocycles. The van der Waals surface area contributed by atoms with Gasteiger partial charge in [0, 0.05) is 37.7 Å². The number of rotatable bonds is 2. The number of carbonyl (C=O) groups excluding carboxylic acids is 1. The van der Waals surface area contributed by atoms with Crippen molar-refractivity contribution in [3.63, 3.8) is 0 Å². The number of amides is 1. The first-order valence-corrected chi connectivity index (χ1v) is 9.85. The number of carbonyl (C=O) groups is 1. The van der Waals surface area contributed by atoms with E-state index in [-0.39, 0.29) is 17.2 Å². The maximum absolute atomic E-state index is 13.2. The number of nitrogens with zero attached hydrogens (tertiary/aromatic N) is 4. The van der Waals surface area contributed by atoms with E-state index in [1.807, 2.05) is 29.3 Å². The summed E-state index contributed by atoms with van der Waals surface area (Å²) in [5.41, 5.74) is 0.815. The van der Waals surface area contributed by atoms with E-state index in [0.29, 0.717) is 13.1 Å². The predicted molar refractivity (Wildman–Crippen MR) is 103 cm³/mol. The Morgan fingerprint density at radius 2 is 2.11 bits per heavy atom. The van der Waals surface area contributed by atoms with Crippen molar-refractivity contribution in [2.45, 2.75) is 52.0 Å². The van der Waals surface area contributed by atoms with Crippen LogP contribution in [0.4, 0.5) is 5.82 Å². The van der Waals surface area contributed by atoms with E-state index in [1.54, 1.807) is 0 Å². The molecule has 6 nitrogen and oxygen atoms in total. The molecule has 0 saturated carbocycles. The van der Waals surface area contributed by atoms with Crippen LogP contribution in [-0.4, -0.2) is 40.4 Å². The number of oxazole rings is 1. The molecule has 0 bridgehead atoms. The van der Waals surface area contributed by atoms with Crippen molar-refractivity contribution in [2.75, 3.05) is 24.5 Å². The Kier molecular flexibility index (Phi) is 4.66. The van der Waals surface area contributed by atoms with Crippen LogP contribution in [0.2, 0.25) is 0 Å². The Morgan fingerprint density at radius 3 is 2.85 bits per heavy atom. The number of fused-ring (bicyclic) bond motifs is 1. The summed E-state index contributed by atoms with van der Waals surface area (Å²) in [5, 5.41) is 0. The number of aromatic nitrogens is 2. The molecule has 144 valence electrons. The van der Waals surface area contributed by atoms with Gasteiger partial charge in [-0.2, -0.15) is 0 Å². The number of pyridine rings is 1. The van der Waals surface area contributed by atoms with Gasteiger partial charge in [-0.1, -0.05) is 26.8 Å². The van der Waals surface area contributed by atoms with Gasteiger partial charge < -0.3 is 14.2 Å². The highest BCUT2D eigenvalue weighted by molar-refractivity contribution is 5.80. The molecule has 1 unspecified atom stereocenters. The van der Waals surface area contributed by atoms with Crippen molar-refractivity contribution in [1.29, 1.82) is 0 Å². The Balaban J connectivity index is 1.45. The molecule has 0 N–H and O–H groups in total. The predicted octanol–water partition coefficient (Wildman–Crippen LogP) is 3.17. The topological polar surface area (TPSA) is 62.5 Å². The lowest BCUT2D eigenvalue weighted by Crippen LogP contribution is -2.46. The van der Waals surface area contributed by atoms with Crippen LogP contribution < -0.4 is 4.90 Å². The summed E-state index contributed by atoms with van der Waals surface area (Å²) in [4.78, 5) is 26.5. The van der Waals surface area contributed by atoms with Gasteiger partial charge in [-0.15, -0.1) is 0 Å². The van der Waals surface area contributed by atoms with E-state index < -0.39 is 0 Å². The second-order valence-electron chi connectivity index (χ2n) is 8.62. The molecular formula is C21H28N4O2. The molecule has 2 aromatic rings. The molecular weight excluding hydrogens is 340 g/mol. The third kappa shape index (κ3) is 3.70. The fraction of sp³-hybridized carbons (Fsp3) is 0.571. The van der Waals surface area contributed by atoms with Crippen molar-refractivity contribution in [1.82, 2.24) is 14.9 Å². The second-order valence-corrected chi connectivity index (χ2v) is 8.62. The van der Waals surface area contributed by atoms with Gasteiger partial charge in [0.25, 0.3) is 0 Å². The zero-order chi connectivity index (χ0) is 19.0. The van der Waals surface area contributed by atoms with Crippen LogP contribution >= 0.6 is 0 Å². The Hall–Kier alpha value is -2.37. The third-order valence-corrected chi connectivity index (χ3v) is 5.42. The van der Waals surface area contributed by atoms with Gasteiger partial charge >= 0.3 is 0 Å². The SMILES string of the molecule is CC(C)(C)c1nc2c(o1)CCN(C(=O)C1CCCN(c3ccccn3)C1)C2. The quantitative estimate of drug-likeness (QED) is 0.815. The third-order valence-electron chi connectivity index (χ3n) is 5.42. The minimum Gasteiger partial charge on any atom is -0.445 e. The van der Waals surface area contributed by atoms with Crippen molar-refractivity contribution in [3.05, 3.63) is 41.7 Å². The van der Waals surface area contributed by atoms with Crippen LogP contribution in [0.1, 0.15) is 51.0 Å². The normalized spacial score (nSPS) is 20.5. The van der Waals surface area contributed by atoms with Crippen LogP contribution in [0, 0.1) is 5.92 Å². The molecule has 4 heterocycles. The highest BCUT2D eigenvalue weighted by Gasteiger charge is 2.34. The monoisotopic (exact) mass is 368 g/mol. The number of hydrogen-bond donors (Lipinski definition) is 0. The molecule has 0 spiro atoms. The molecule has 2 aliphatic heterocycles. The van der Waals surface area contributed by atoms with Crippen molar-refractivity contribution in [2.24, 2.45) is 5.92 Å². The van der Waals surface area contributed by atoms with Crippen LogP contribution in [0.5, 0.6) is 0 Å². The standard InChI is InChI=1S/C21H28N4O2/c1-21(2,3)20-23-16-14-25(12-9-17(16)27-20)19(26)15-7-6-11-24(13-15)18-8-4-5-10-22-18/h4-5,8,10,15H,6-7,9,11-14H2,1-3H3. The molecule has 1 atom stereocenters. The first kappa shape index (κ1) is 18.0. The number of anilines is 1. The zero-order valence-electron chi connectivity index (χ0n) is 16.4. The van der Waals surface area contributed by atoms with E-state index in [1.165, 1.54) is 0 Å². The molecule has 0 radical (unpaired) electrons. The minimum absolute atomic E-state index is 0.0243. The lowest BCUT2D eigenvalue weighted by Gasteiger charge is -2.36. The van der Waals surface area contributed by atoms with Crippen molar-refractivity contribution >= 4 is 11.7 Å². The highest BCUT2D eigenvalue weighted by Crippen LogP contribution is 2.29. The molecule has 1 amide bonds. The van der Waals surface area contributed by atoms with Gasteiger partial charge in [0.1, 0.15) is 17.3 Å². The number of hydrogen-bond acceptors (Lipinski definition) is 5. The average molecular weight is 368 g/mol. The molecule has 4 rings (SSSR count). The largest absolute Gasteiger partial charge is 0.445 e. The highest BCUT2D eigenvalue weighted by atomic mass is 16.4. The van der Waals surface area contributed by atoms with Crippen LogP contribution in [-0.2, 0) is 23.2 Å². The minimum atomic E-state index is -0.112. The summed E-state index contributed by atoms with van der Waals surface area (Å²) in [5.74, 6) is 2.93. The van der Waals surface area contributed by atoms with Gasteiger partial charge in [-0.25, -0.2) is 9.97 Å².